The molecule has 150 valence electrons. The summed E-state index contributed by atoms with van der Waals surface area (Å²) in [4.78, 5) is 19.3. The van der Waals surface area contributed by atoms with Crippen molar-refractivity contribution in [1.82, 2.24) is 10.1 Å². The van der Waals surface area contributed by atoms with Crippen molar-refractivity contribution in [2.75, 3.05) is 30.4 Å². The maximum atomic E-state index is 12.8. The predicted molar refractivity (Wildman–Crippen MR) is 111 cm³/mol. The van der Waals surface area contributed by atoms with Crippen LogP contribution in [0.4, 0.5) is 11.7 Å². The van der Waals surface area contributed by atoms with Gasteiger partial charge in [0.05, 0.1) is 13.0 Å². The van der Waals surface area contributed by atoms with E-state index in [1.54, 1.807) is 7.11 Å². The van der Waals surface area contributed by atoms with E-state index in [0.717, 1.165) is 42.0 Å². The van der Waals surface area contributed by atoms with Gasteiger partial charge < -0.3 is 19.5 Å². The number of hydrogen-bond donors (Lipinski definition) is 1. The molecular weight excluding hydrogens is 368 g/mol. The van der Waals surface area contributed by atoms with E-state index in [9.17, 15) is 4.79 Å². The summed E-state index contributed by atoms with van der Waals surface area (Å²) >= 11 is 0. The quantitative estimate of drug-likeness (QED) is 0.709. The fraction of sp³-hybridized carbons (Fsp3) is 0.318. The van der Waals surface area contributed by atoms with Crippen LogP contribution < -0.4 is 15.0 Å². The zero-order chi connectivity index (χ0) is 20.2. The Kier molecular flexibility index (Phi) is 5.46. The van der Waals surface area contributed by atoms with E-state index in [0.29, 0.717) is 18.4 Å². The lowest BCUT2D eigenvalue weighted by atomic mass is 9.97. The Balaban J connectivity index is 1.44. The number of rotatable bonds is 5. The van der Waals surface area contributed by atoms with Crippen molar-refractivity contribution in [3.8, 4) is 17.1 Å². The van der Waals surface area contributed by atoms with Gasteiger partial charge in [-0.05, 0) is 55.7 Å². The SMILES string of the molecule is COc1ccc(-c2noc(N3CCC[C@H](C(=O)Nc4ccccc4C)C3)n2)cc1. The molecule has 0 radical (unpaired) electrons. The Morgan fingerprint density at radius 2 is 2.00 bits per heavy atom. The lowest BCUT2D eigenvalue weighted by Crippen LogP contribution is -2.41. The smallest absolute Gasteiger partial charge is 0.324 e. The Morgan fingerprint density at radius 1 is 1.21 bits per heavy atom. The topological polar surface area (TPSA) is 80.5 Å². The van der Waals surface area contributed by atoms with Crippen LogP contribution in [0.2, 0.25) is 0 Å². The fourth-order valence-corrected chi connectivity index (χ4v) is 3.51. The molecule has 0 bridgehead atoms. The van der Waals surface area contributed by atoms with Gasteiger partial charge in [0.1, 0.15) is 5.75 Å². The lowest BCUT2D eigenvalue weighted by Gasteiger charge is -2.30. The van der Waals surface area contributed by atoms with Crippen LogP contribution in [0.3, 0.4) is 0 Å². The Morgan fingerprint density at radius 3 is 2.76 bits per heavy atom. The number of hydrogen-bond acceptors (Lipinski definition) is 6. The van der Waals surface area contributed by atoms with Crippen molar-refractivity contribution >= 4 is 17.6 Å². The van der Waals surface area contributed by atoms with E-state index < -0.39 is 0 Å². The van der Waals surface area contributed by atoms with Crippen LogP contribution in [0.1, 0.15) is 18.4 Å². The summed E-state index contributed by atoms with van der Waals surface area (Å²) in [5, 5.41) is 7.15. The third kappa shape index (κ3) is 4.23. The molecule has 1 aliphatic rings. The Hall–Kier alpha value is -3.35. The zero-order valence-corrected chi connectivity index (χ0v) is 16.6. The molecule has 1 aliphatic heterocycles. The van der Waals surface area contributed by atoms with Crippen molar-refractivity contribution in [3.05, 3.63) is 54.1 Å². The molecule has 7 heteroatoms. The molecule has 0 spiro atoms. The van der Waals surface area contributed by atoms with Crippen LogP contribution in [-0.2, 0) is 4.79 Å². The van der Waals surface area contributed by atoms with Gasteiger partial charge >= 0.3 is 6.01 Å². The van der Waals surface area contributed by atoms with Gasteiger partial charge in [-0.15, -0.1) is 0 Å². The van der Waals surface area contributed by atoms with Crippen LogP contribution in [0.5, 0.6) is 5.75 Å². The summed E-state index contributed by atoms with van der Waals surface area (Å²) in [7, 11) is 1.63. The molecule has 1 N–H and O–H groups in total. The average Bonchev–Trinajstić information content (AvgIpc) is 3.26. The Bertz CT molecular complexity index is 984. The van der Waals surface area contributed by atoms with Gasteiger partial charge in [0, 0.05) is 24.3 Å². The second-order valence-corrected chi connectivity index (χ2v) is 7.22. The van der Waals surface area contributed by atoms with E-state index in [1.807, 2.05) is 60.4 Å². The zero-order valence-electron chi connectivity index (χ0n) is 16.6. The fourth-order valence-electron chi connectivity index (χ4n) is 3.51. The highest BCUT2D eigenvalue weighted by Gasteiger charge is 2.29. The van der Waals surface area contributed by atoms with Gasteiger partial charge in [-0.3, -0.25) is 4.79 Å². The molecule has 1 fully saturated rings. The van der Waals surface area contributed by atoms with Crippen LogP contribution in [0.15, 0.2) is 53.1 Å². The first kappa shape index (κ1) is 19.0. The van der Waals surface area contributed by atoms with Crippen LogP contribution in [0.25, 0.3) is 11.4 Å². The third-order valence-corrected chi connectivity index (χ3v) is 5.23. The minimum Gasteiger partial charge on any atom is -0.497 e. The van der Waals surface area contributed by atoms with Crippen molar-refractivity contribution in [2.45, 2.75) is 19.8 Å². The summed E-state index contributed by atoms with van der Waals surface area (Å²) in [5.74, 6) is 1.20. The highest BCUT2D eigenvalue weighted by molar-refractivity contribution is 5.93. The molecule has 1 aromatic heterocycles. The molecule has 2 aromatic carbocycles. The van der Waals surface area contributed by atoms with Gasteiger partial charge in [-0.25, -0.2) is 0 Å². The molecule has 4 rings (SSSR count). The minimum absolute atomic E-state index is 0.0268. The maximum Gasteiger partial charge on any atom is 0.324 e. The van der Waals surface area contributed by atoms with Gasteiger partial charge in [0.25, 0.3) is 0 Å². The van der Waals surface area contributed by atoms with Crippen molar-refractivity contribution < 1.29 is 14.1 Å². The molecule has 7 nitrogen and oxygen atoms in total. The van der Waals surface area contributed by atoms with Gasteiger partial charge in [0.2, 0.25) is 11.7 Å². The van der Waals surface area contributed by atoms with E-state index >= 15 is 0 Å². The molecule has 1 atom stereocenters. The first-order valence-corrected chi connectivity index (χ1v) is 9.73. The number of aryl methyl sites for hydroxylation is 1. The molecule has 2 heterocycles. The average molecular weight is 392 g/mol. The Labute approximate surface area is 169 Å². The summed E-state index contributed by atoms with van der Waals surface area (Å²) in [6.07, 6.45) is 1.74. The van der Waals surface area contributed by atoms with E-state index in [-0.39, 0.29) is 11.8 Å². The number of nitrogens with one attached hydrogen (secondary N) is 1. The van der Waals surface area contributed by atoms with E-state index in [4.69, 9.17) is 9.26 Å². The third-order valence-electron chi connectivity index (χ3n) is 5.23. The second-order valence-electron chi connectivity index (χ2n) is 7.22. The number of ether oxygens (including phenoxy) is 1. The van der Waals surface area contributed by atoms with Crippen molar-refractivity contribution in [2.24, 2.45) is 5.92 Å². The number of amides is 1. The molecule has 1 saturated heterocycles. The summed E-state index contributed by atoms with van der Waals surface area (Å²) in [5.41, 5.74) is 2.76. The predicted octanol–water partition coefficient (Wildman–Crippen LogP) is 3.91. The number of carbonyl (C=O) groups is 1. The second kappa shape index (κ2) is 8.34. The number of benzene rings is 2. The lowest BCUT2D eigenvalue weighted by molar-refractivity contribution is -0.120. The number of nitrogens with zero attached hydrogens (tertiary/aromatic N) is 3. The summed E-state index contributed by atoms with van der Waals surface area (Å²) in [6, 6.07) is 15.7. The maximum absolute atomic E-state index is 12.8. The minimum atomic E-state index is -0.125. The first-order valence-electron chi connectivity index (χ1n) is 9.73. The van der Waals surface area contributed by atoms with Crippen LogP contribution in [0, 0.1) is 12.8 Å². The van der Waals surface area contributed by atoms with Crippen LogP contribution >= 0.6 is 0 Å². The van der Waals surface area contributed by atoms with Gasteiger partial charge in [-0.2, -0.15) is 4.98 Å². The van der Waals surface area contributed by atoms with Gasteiger partial charge in [0.15, 0.2) is 0 Å². The number of piperidine rings is 1. The number of methoxy groups -OCH3 is 1. The highest BCUT2D eigenvalue weighted by atomic mass is 16.5. The molecule has 1 amide bonds. The van der Waals surface area contributed by atoms with Crippen molar-refractivity contribution in [3.63, 3.8) is 0 Å². The first-order chi connectivity index (χ1) is 14.1. The normalized spacial score (nSPS) is 16.5. The molecule has 29 heavy (non-hydrogen) atoms. The number of carbonyl (C=O) groups excluding carboxylic acids is 1. The van der Waals surface area contributed by atoms with Crippen molar-refractivity contribution in [1.29, 1.82) is 0 Å². The monoisotopic (exact) mass is 392 g/mol. The largest absolute Gasteiger partial charge is 0.497 e. The molecular formula is C22H24N4O3. The number of aromatic nitrogens is 2. The van der Waals surface area contributed by atoms with E-state index in [1.165, 1.54) is 0 Å². The molecule has 0 unspecified atom stereocenters. The molecule has 3 aromatic rings. The summed E-state index contributed by atoms with van der Waals surface area (Å²) < 4.78 is 10.7. The number of anilines is 2. The van der Waals surface area contributed by atoms with Gasteiger partial charge in [-0.1, -0.05) is 23.4 Å². The standard InChI is InChI=1S/C22H24N4O3/c1-15-6-3-4-8-19(15)23-21(27)17-7-5-13-26(14-17)22-24-20(25-29-22)16-9-11-18(28-2)12-10-16/h3-4,6,8-12,17H,5,7,13-14H2,1-2H3,(H,23,27)/t17-/m0/s1. The number of para-hydroxylation sites is 1. The van der Waals surface area contributed by atoms with Crippen LogP contribution in [-0.4, -0.2) is 36.2 Å². The molecule has 0 aliphatic carbocycles. The highest BCUT2D eigenvalue weighted by Crippen LogP contribution is 2.26. The van der Waals surface area contributed by atoms with E-state index in [2.05, 4.69) is 15.5 Å². The molecule has 0 saturated carbocycles. The summed E-state index contributed by atoms with van der Waals surface area (Å²) in [6.45, 7) is 3.34.